The molecule has 23 heavy (non-hydrogen) atoms. The fourth-order valence-electron chi connectivity index (χ4n) is 1.91. The minimum absolute atomic E-state index is 0.132. The fourth-order valence-corrected chi connectivity index (χ4v) is 3.68. The van der Waals surface area contributed by atoms with Crippen molar-refractivity contribution < 1.29 is 4.92 Å². The molecule has 1 heterocycles. The Balaban J connectivity index is 1.65. The van der Waals surface area contributed by atoms with Crippen LogP contribution < -0.4 is 5.32 Å². The van der Waals surface area contributed by atoms with E-state index in [1.807, 2.05) is 30.3 Å². The van der Waals surface area contributed by atoms with Crippen LogP contribution >= 0.6 is 23.1 Å². The van der Waals surface area contributed by atoms with Crippen LogP contribution in [-0.2, 0) is 5.75 Å². The first kappa shape index (κ1) is 15.4. The Labute approximate surface area is 140 Å². The second kappa shape index (κ2) is 7.21. The molecule has 0 radical (unpaired) electrons. The van der Waals surface area contributed by atoms with Crippen molar-refractivity contribution in [2.24, 2.45) is 0 Å². The molecule has 0 spiro atoms. The van der Waals surface area contributed by atoms with Crippen molar-refractivity contribution >= 4 is 39.6 Å². The number of nitrogens with one attached hydrogen (secondary N) is 1. The molecule has 0 amide bonds. The number of thioether (sulfide) groups is 1. The van der Waals surface area contributed by atoms with Crippen molar-refractivity contribution in [3.05, 3.63) is 70.3 Å². The van der Waals surface area contributed by atoms with Gasteiger partial charge in [-0.25, -0.2) is 0 Å². The number of para-hydroxylation sites is 2. The molecule has 0 aliphatic carbocycles. The maximum absolute atomic E-state index is 11.0. The molecule has 2 aromatic carbocycles. The van der Waals surface area contributed by atoms with Gasteiger partial charge in [0.2, 0.25) is 5.13 Å². The Bertz CT molecular complexity index is 808. The van der Waals surface area contributed by atoms with Gasteiger partial charge in [0.15, 0.2) is 4.34 Å². The van der Waals surface area contributed by atoms with E-state index >= 15 is 0 Å². The highest BCUT2D eigenvalue weighted by molar-refractivity contribution is 8.00. The van der Waals surface area contributed by atoms with Crippen LogP contribution in [0.5, 0.6) is 0 Å². The molecule has 0 saturated carbocycles. The minimum Gasteiger partial charge on any atom is -0.330 e. The number of nitrogens with zero attached hydrogens (tertiary/aromatic N) is 3. The van der Waals surface area contributed by atoms with E-state index in [1.165, 1.54) is 29.2 Å². The predicted octanol–water partition coefficient (Wildman–Crippen LogP) is 4.48. The van der Waals surface area contributed by atoms with E-state index in [-0.39, 0.29) is 10.6 Å². The summed E-state index contributed by atoms with van der Waals surface area (Å²) in [6, 6.07) is 16.4. The van der Waals surface area contributed by atoms with Crippen LogP contribution in [0, 0.1) is 10.1 Å². The number of anilines is 2. The molecule has 1 N–H and O–H groups in total. The number of benzene rings is 2. The molecule has 6 nitrogen and oxygen atoms in total. The number of aromatic nitrogens is 2. The van der Waals surface area contributed by atoms with E-state index in [4.69, 9.17) is 0 Å². The molecule has 116 valence electrons. The van der Waals surface area contributed by atoms with Crippen LogP contribution in [0.3, 0.4) is 0 Å². The van der Waals surface area contributed by atoms with Gasteiger partial charge < -0.3 is 5.32 Å². The van der Waals surface area contributed by atoms with Crippen LogP contribution in [0.4, 0.5) is 16.5 Å². The summed E-state index contributed by atoms with van der Waals surface area (Å²) in [4.78, 5) is 10.6. The molecule has 1 aromatic heterocycles. The lowest BCUT2D eigenvalue weighted by Gasteiger charge is -2.00. The Morgan fingerprint density at radius 3 is 2.61 bits per heavy atom. The Kier molecular flexibility index (Phi) is 4.84. The lowest BCUT2D eigenvalue weighted by Crippen LogP contribution is -1.93. The van der Waals surface area contributed by atoms with Gasteiger partial charge >= 0.3 is 0 Å². The predicted molar refractivity (Wildman–Crippen MR) is 92.3 cm³/mol. The largest absolute Gasteiger partial charge is 0.330 e. The number of hydrogen-bond donors (Lipinski definition) is 1. The molecule has 0 fully saturated rings. The smallest absolute Gasteiger partial charge is 0.273 e. The van der Waals surface area contributed by atoms with Crippen molar-refractivity contribution in [2.75, 3.05) is 5.32 Å². The van der Waals surface area contributed by atoms with Gasteiger partial charge in [0, 0.05) is 23.1 Å². The summed E-state index contributed by atoms with van der Waals surface area (Å²) in [5, 5.41) is 23.1. The Morgan fingerprint density at radius 2 is 1.83 bits per heavy atom. The van der Waals surface area contributed by atoms with Gasteiger partial charge in [0.1, 0.15) is 0 Å². The Morgan fingerprint density at radius 1 is 1.09 bits per heavy atom. The number of hydrogen-bond acceptors (Lipinski definition) is 7. The van der Waals surface area contributed by atoms with Crippen molar-refractivity contribution in [3.8, 4) is 0 Å². The van der Waals surface area contributed by atoms with E-state index in [0.29, 0.717) is 16.4 Å². The molecule has 0 saturated heterocycles. The topological polar surface area (TPSA) is 81.0 Å². The van der Waals surface area contributed by atoms with Crippen molar-refractivity contribution in [1.82, 2.24) is 10.2 Å². The number of nitro benzene ring substituents is 1. The summed E-state index contributed by atoms with van der Waals surface area (Å²) in [5.41, 5.74) is 1.75. The molecule has 3 rings (SSSR count). The lowest BCUT2D eigenvalue weighted by atomic mass is 10.2. The van der Waals surface area contributed by atoms with Crippen LogP contribution in [0.15, 0.2) is 58.9 Å². The summed E-state index contributed by atoms with van der Waals surface area (Å²) in [5.74, 6) is 0.483. The van der Waals surface area contributed by atoms with E-state index < -0.39 is 0 Å². The summed E-state index contributed by atoms with van der Waals surface area (Å²) in [6.07, 6.45) is 0. The van der Waals surface area contributed by atoms with Gasteiger partial charge in [-0.2, -0.15) is 0 Å². The average molecular weight is 344 g/mol. The monoisotopic (exact) mass is 344 g/mol. The second-order valence-electron chi connectivity index (χ2n) is 4.54. The summed E-state index contributed by atoms with van der Waals surface area (Å²) in [6.45, 7) is 0. The van der Waals surface area contributed by atoms with Crippen molar-refractivity contribution in [3.63, 3.8) is 0 Å². The van der Waals surface area contributed by atoms with E-state index in [1.54, 1.807) is 18.2 Å². The third-order valence-corrected chi connectivity index (χ3v) is 4.99. The first-order valence-corrected chi connectivity index (χ1v) is 8.53. The SMILES string of the molecule is O=[N+]([O-])c1ccccc1CSc1nnc(Nc2ccccc2)s1. The molecule has 0 aliphatic rings. The summed E-state index contributed by atoms with van der Waals surface area (Å²) >= 11 is 2.86. The zero-order chi connectivity index (χ0) is 16.1. The maximum Gasteiger partial charge on any atom is 0.273 e. The highest BCUT2D eigenvalue weighted by Crippen LogP contribution is 2.32. The van der Waals surface area contributed by atoms with Crippen LogP contribution in [0.2, 0.25) is 0 Å². The van der Waals surface area contributed by atoms with E-state index in [0.717, 1.165) is 10.0 Å². The first-order chi connectivity index (χ1) is 11.2. The lowest BCUT2D eigenvalue weighted by molar-refractivity contribution is -0.385. The van der Waals surface area contributed by atoms with Gasteiger partial charge in [-0.1, -0.05) is 59.5 Å². The summed E-state index contributed by atoms with van der Waals surface area (Å²) in [7, 11) is 0. The Hall–Kier alpha value is -2.45. The third-order valence-electron chi connectivity index (χ3n) is 2.97. The van der Waals surface area contributed by atoms with E-state index in [9.17, 15) is 10.1 Å². The van der Waals surface area contributed by atoms with E-state index in [2.05, 4.69) is 15.5 Å². The fraction of sp³-hybridized carbons (Fsp3) is 0.0667. The quantitative estimate of drug-likeness (QED) is 0.403. The standard InChI is InChI=1S/C15H12N4O2S2/c20-19(21)13-9-5-4-6-11(13)10-22-15-18-17-14(23-15)16-12-7-2-1-3-8-12/h1-9H,10H2,(H,16,17). The van der Waals surface area contributed by atoms with Crippen molar-refractivity contribution in [1.29, 1.82) is 0 Å². The van der Waals surface area contributed by atoms with Gasteiger partial charge in [-0.05, 0) is 12.1 Å². The zero-order valence-electron chi connectivity index (χ0n) is 11.9. The first-order valence-electron chi connectivity index (χ1n) is 6.73. The summed E-state index contributed by atoms with van der Waals surface area (Å²) < 4.78 is 0.765. The molecular weight excluding hydrogens is 332 g/mol. The molecule has 0 bridgehead atoms. The van der Waals surface area contributed by atoms with Gasteiger partial charge in [-0.3, -0.25) is 10.1 Å². The highest BCUT2D eigenvalue weighted by atomic mass is 32.2. The van der Waals surface area contributed by atoms with Gasteiger partial charge in [0.25, 0.3) is 5.69 Å². The molecular formula is C15H12N4O2S2. The maximum atomic E-state index is 11.0. The molecule has 0 atom stereocenters. The molecule has 3 aromatic rings. The van der Waals surface area contributed by atoms with Crippen LogP contribution in [-0.4, -0.2) is 15.1 Å². The van der Waals surface area contributed by atoms with Crippen LogP contribution in [0.25, 0.3) is 0 Å². The minimum atomic E-state index is -0.363. The van der Waals surface area contributed by atoms with Crippen molar-refractivity contribution in [2.45, 2.75) is 10.1 Å². The van der Waals surface area contributed by atoms with Gasteiger partial charge in [-0.15, -0.1) is 10.2 Å². The number of nitro groups is 1. The number of rotatable bonds is 6. The highest BCUT2D eigenvalue weighted by Gasteiger charge is 2.13. The third kappa shape index (κ3) is 4.05. The second-order valence-corrected chi connectivity index (χ2v) is 6.74. The van der Waals surface area contributed by atoms with Crippen LogP contribution in [0.1, 0.15) is 5.56 Å². The average Bonchev–Trinajstić information content (AvgIpc) is 3.01. The molecule has 0 unspecified atom stereocenters. The normalized spacial score (nSPS) is 10.4. The molecule has 0 aliphatic heterocycles. The van der Waals surface area contributed by atoms with Gasteiger partial charge in [0.05, 0.1) is 4.92 Å². The molecule has 8 heteroatoms. The zero-order valence-corrected chi connectivity index (χ0v) is 13.5.